The van der Waals surface area contributed by atoms with Crippen LogP contribution in [0.2, 0.25) is 0 Å². The van der Waals surface area contributed by atoms with E-state index in [2.05, 4.69) is 42.2 Å². The SMILES string of the molecule is CC(CCC(=O)O)NC(=O)c1ncc(Br)cc1Br. The summed E-state index contributed by atoms with van der Waals surface area (Å²) in [4.78, 5) is 26.3. The Morgan fingerprint density at radius 2 is 2.17 bits per heavy atom. The summed E-state index contributed by atoms with van der Waals surface area (Å²) in [5.41, 5.74) is 0.278. The lowest BCUT2D eigenvalue weighted by molar-refractivity contribution is -0.137. The van der Waals surface area contributed by atoms with Crippen LogP contribution < -0.4 is 5.32 Å². The van der Waals surface area contributed by atoms with E-state index in [1.54, 1.807) is 13.0 Å². The predicted molar refractivity (Wildman–Crippen MR) is 73.4 cm³/mol. The molecule has 0 aromatic carbocycles. The monoisotopic (exact) mass is 378 g/mol. The molecule has 1 amide bonds. The van der Waals surface area contributed by atoms with Crippen molar-refractivity contribution >= 4 is 43.7 Å². The number of aliphatic carboxylic acids is 1. The zero-order chi connectivity index (χ0) is 13.7. The maximum absolute atomic E-state index is 11.9. The van der Waals surface area contributed by atoms with E-state index >= 15 is 0 Å². The maximum Gasteiger partial charge on any atom is 0.303 e. The predicted octanol–water partition coefficient (Wildman–Crippen LogP) is 2.59. The molecule has 0 fully saturated rings. The second-order valence-corrected chi connectivity index (χ2v) is 5.56. The van der Waals surface area contributed by atoms with Gasteiger partial charge in [0.2, 0.25) is 0 Å². The second-order valence-electron chi connectivity index (χ2n) is 3.79. The number of carbonyl (C=O) groups is 2. The Hall–Kier alpha value is -0.950. The van der Waals surface area contributed by atoms with Crippen molar-refractivity contribution in [2.45, 2.75) is 25.8 Å². The van der Waals surface area contributed by atoms with Crippen LogP contribution in [0.4, 0.5) is 0 Å². The third-order valence-corrected chi connectivity index (χ3v) is 3.23. The zero-order valence-electron chi connectivity index (χ0n) is 9.61. The highest BCUT2D eigenvalue weighted by Crippen LogP contribution is 2.19. The molecule has 1 atom stereocenters. The van der Waals surface area contributed by atoms with Gasteiger partial charge in [0.15, 0.2) is 0 Å². The fraction of sp³-hybridized carbons (Fsp3) is 0.364. The molecule has 0 aliphatic carbocycles. The number of pyridine rings is 1. The summed E-state index contributed by atoms with van der Waals surface area (Å²) in [6.07, 6.45) is 1.94. The number of carboxylic acids is 1. The first-order valence-corrected chi connectivity index (χ1v) is 6.82. The van der Waals surface area contributed by atoms with E-state index in [0.717, 1.165) is 4.47 Å². The van der Waals surface area contributed by atoms with Gasteiger partial charge in [-0.1, -0.05) is 0 Å². The van der Waals surface area contributed by atoms with Crippen LogP contribution in [0.5, 0.6) is 0 Å². The summed E-state index contributed by atoms with van der Waals surface area (Å²) in [6, 6.07) is 1.51. The van der Waals surface area contributed by atoms with Gasteiger partial charge in [-0.15, -0.1) is 0 Å². The zero-order valence-corrected chi connectivity index (χ0v) is 12.8. The summed E-state index contributed by atoms with van der Waals surface area (Å²) >= 11 is 6.50. The molecule has 5 nitrogen and oxygen atoms in total. The number of nitrogens with one attached hydrogen (secondary N) is 1. The molecule has 0 bridgehead atoms. The molecular weight excluding hydrogens is 368 g/mol. The van der Waals surface area contributed by atoms with Crippen molar-refractivity contribution in [3.63, 3.8) is 0 Å². The van der Waals surface area contributed by atoms with Crippen LogP contribution in [0.1, 0.15) is 30.3 Å². The van der Waals surface area contributed by atoms with Gasteiger partial charge >= 0.3 is 5.97 Å². The van der Waals surface area contributed by atoms with Crippen molar-refractivity contribution in [2.24, 2.45) is 0 Å². The fourth-order valence-electron chi connectivity index (χ4n) is 1.29. The number of hydrogen-bond acceptors (Lipinski definition) is 3. The molecule has 0 aliphatic rings. The van der Waals surface area contributed by atoms with Gasteiger partial charge in [0.05, 0.1) is 4.47 Å². The van der Waals surface area contributed by atoms with E-state index in [9.17, 15) is 9.59 Å². The third-order valence-electron chi connectivity index (χ3n) is 2.19. The van der Waals surface area contributed by atoms with E-state index in [-0.39, 0.29) is 24.1 Å². The van der Waals surface area contributed by atoms with Gasteiger partial charge in [-0.05, 0) is 51.3 Å². The molecule has 2 N–H and O–H groups in total. The minimum Gasteiger partial charge on any atom is -0.481 e. The van der Waals surface area contributed by atoms with Crippen molar-refractivity contribution in [3.8, 4) is 0 Å². The molecule has 1 rings (SSSR count). The molecule has 0 saturated carbocycles. The molecule has 18 heavy (non-hydrogen) atoms. The van der Waals surface area contributed by atoms with E-state index in [1.165, 1.54) is 6.20 Å². The van der Waals surface area contributed by atoms with Gasteiger partial charge in [-0.25, -0.2) is 4.98 Å². The maximum atomic E-state index is 11.9. The van der Waals surface area contributed by atoms with Gasteiger partial charge in [0, 0.05) is 23.1 Å². The molecule has 1 unspecified atom stereocenters. The summed E-state index contributed by atoms with van der Waals surface area (Å²) in [5, 5.41) is 11.3. The quantitative estimate of drug-likeness (QED) is 0.823. The first kappa shape index (κ1) is 15.1. The van der Waals surface area contributed by atoms with E-state index in [4.69, 9.17) is 5.11 Å². The molecule has 1 aromatic rings. The second kappa shape index (κ2) is 6.84. The Kier molecular flexibility index (Phi) is 5.74. The fourth-order valence-corrected chi connectivity index (χ4v) is 2.45. The number of hydrogen-bond donors (Lipinski definition) is 2. The molecule has 98 valence electrons. The highest BCUT2D eigenvalue weighted by molar-refractivity contribution is 9.11. The Balaban J connectivity index is 2.62. The van der Waals surface area contributed by atoms with Gasteiger partial charge in [-0.2, -0.15) is 0 Å². The lowest BCUT2D eigenvalue weighted by Gasteiger charge is -2.13. The highest BCUT2D eigenvalue weighted by Gasteiger charge is 2.15. The number of aromatic nitrogens is 1. The van der Waals surface area contributed by atoms with Crippen molar-refractivity contribution in [1.82, 2.24) is 10.3 Å². The summed E-state index contributed by atoms with van der Waals surface area (Å²) < 4.78 is 1.35. The van der Waals surface area contributed by atoms with Gasteiger partial charge in [0.25, 0.3) is 5.91 Å². The Bertz CT molecular complexity index is 466. The lowest BCUT2D eigenvalue weighted by atomic mass is 10.2. The Labute approximate surface area is 121 Å². The number of nitrogens with zero attached hydrogens (tertiary/aromatic N) is 1. The van der Waals surface area contributed by atoms with E-state index < -0.39 is 5.97 Å². The van der Waals surface area contributed by atoms with Gasteiger partial charge in [-0.3, -0.25) is 9.59 Å². The van der Waals surface area contributed by atoms with E-state index in [1.807, 2.05) is 0 Å². The normalized spacial score (nSPS) is 11.9. The van der Waals surface area contributed by atoms with Crippen LogP contribution >= 0.6 is 31.9 Å². The Morgan fingerprint density at radius 3 is 2.72 bits per heavy atom. The van der Waals surface area contributed by atoms with Crippen molar-refractivity contribution in [2.75, 3.05) is 0 Å². The average Bonchev–Trinajstić information content (AvgIpc) is 2.26. The topological polar surface area (TPSA) is 79.3 Å². The molecule has 0 spiro atoms. The highest BCUT2D eigenvalue weighted by atomic mass is 79.9. The first-order chi connectivity index (χ1) is 8.40. The van der Waals surface area contributed by atoms with Crippen LogP contribution in [-0.4, -0.2) is 28.0 Å². The number of carbonyl (C=O) groups excluding carboxylic acids is 1. The van der Waals surface area contributed by atoms with Gasteiger partial charge in [0.1, 0.15) is 5.69 Å². The minimum atomic E-state index is -0.876. The number of carboxylic acid groups (broad SMARTS) is 1. The number of amides is 1. The summed E-state index contributed by atoms with van der Waals surface area (Å²) in [5.74, 6) is -1.20. The Morgan fingerprint density at radius 1 is 1.50 bits per heavy atom. The van der Waals surface area contributed by atoms with Gasteiger partial charge < -0.3 is 10.4 Å². The third kappa shape index (κ3) is 4.73. The molecule has 0 radical (unpaired) electrons. The standard InChI is InChI=1S/C11H12Br2N2O3/c1-6(2-3-9(16)17)15-11(18)10-8(13)4-7(12)5-14-10/h4-6H,2-3H2,1H3,(H,15,18)(H,16,17). The van der Waals surface area contributed by atoms with Crippen molar-refractivity contribution in [1.29, 1.82) is 0 Å². The molecule has 0 aliphatic heterocycles. The lowest BCUT2D eigenvalue weighted by Crippen LogP contribution is -2.33. The summed E-state index contributed by atoms with van der Waals surface area (Å²) in [6.45, 7) is 1.76. The van der Waals surface area contributed by atoms with Crippen molar-refractivity contribution < 1.29 is 14.7 Å². The van der Waals surface area contributed by atoms with Crippen LogP contribution in [0.3, 0.4) is 0 Å². The van der Waals surface area contributed by atoms with Crippen LogP contribution in [-0.2, 0) is 4.79 Å². The molecule has 1 heterocycles. The largest absolute Gasteiger partial charge is 0.481 e. The molecular formula is C11H12Br2N2O3. The average molecular weight is 380 g/mol. The van der Waals surface area contributed by atoms with Crippen molar-refractivity contribution in [3.05, 3.63) is 26.9 Å². The smallest absolute Gasteiger partial charge is 0.303 e. The van der Waals surface area contributed by atoms with Crippen LogP contribution in [0.15, 0.2) is 21.2 Å². The number of halogens is 2. The first-order valence-electron chi connectivity index (χ1n) is 5.24. The molecule has 1 aromatic heterocycles. The number of rotatable bonds is 5. The van der Waals surface area contributed by atoms with E-state index in [0.29, 0.717) is 10.9 Å². The van der Waals surface area contributed by atoms with Crippen LogP contribution in [0.25, 0.3) is 0 Å². The summed E-state index contributed by atoms with van der Waals surface area (Å²) in [7, 11) is 0. The van der Waals surface area contributed by atoms with Crippen LogP contribution in [0, 0.1) is 0 Å². The minimum absolute atomic E-state index is 0.0242. The molecule has 0 saturated heterocycles. The molecule has 7 heteroatoms.